The first-order valence-electron chi connectivity index (χ1n) is 3.22. The van der Waals surface area contributed by atoms with Gasteiger partial charge in [0.2, 0.25) is 5.91 Å². The Morgan fingerprint density at radius 1 is 1.89 bits per heavy atom. The molecule has 0 aromatic rings. The first kappa shape index (κ1) is 6.33. The predicted octanol–water partition coefficient (Wildman–Crippen LogP) is 0.841. The van der Waals surface area contributed by atoms with Crippen LogP contribution in [0.2, 0.25) is 0 Å². The third-order valence-corrected chi connectivity index (χ3v) is 1.64. The fourth-order valence-corrected chi connectivity index (χ4v) is 0.975. The van der Waals surface area contributed by atoms with E-state index in [9.17, 15) is 4.79 Å². The van der Waals surface area contributed by atoms with Gasteiger partial charge < -0.3 is 5.32 Å². The highest BCUT2D eigenvalue weighted by Gasteiger charge is 2.22. The van der Waals surface area contributed by atoms with Crippen LogP contribution in [-0.2, 0) is 4.79 Å². The van der Waals surface area contributed by atoms with Crippen molar-refractivity contribution in [3.8, 4) is 0 Å². The minimum Gasteiger partial charge on any atom is -0.349 e. The molecular formula is C7H11NO. The molecule has 2 heteroatoms. The molecule has 1 saturated heterocycles. The van der Waals surface area contributed by atoms with Crippen LogP contribution < -0.4 is 5.32 Å². The predicted molar refractivity (Wildman–Crippen MR) is 36.0 cm³/mol. The van der Waals surface area contributed by atoms with E-state index in [-0.39, 0.29) is 5.91 Å². The molecule has 50 valence electrons. The SMILES string of the molecule is C=C1CC(CC)NC1=O. The molecule has 1 unspecified atom stereocenters. The Morgan fingerprint density at radius 3 is 2.78 bits per heavy atom. The first-order valence-corrected chi connectivity index (χ1v) is 3.22. The Labute approximate surface area is 54.9 Å². The van der Waals surface area contributed by atoms with E-state index in [1.54, 1.807) is 0 Å². The van der Waals surface area contributed by atoms with Gasteiger partial charge in [-0.25, -0.2) is 0 Å². The molecule has 1 fully saturated rings. The number of amides is 1. The van der Waals surface area contributed by atoms with E-state index in [1.807, 2.05) is 0 Å². The Balaban J connectivity index is 2.54. The molecule has 2 nitrogen and oxygen atoms in total. The number of carbonyl (C=O) groups is 1. The van der Waals surface area contributed by atoms with Crippen molar-refractivity contribution >= 4 is 5.91 Å². The van der Waals surface area contributed by atoms with Crippen molar-refractivity contribution in [3.63, 3.8) is 0 Å². The minimum absolute atomic E-state index is 0.0295. The van der Waals surface area contributed by atoms with Crippen LogP contribution in [0.15, 0.2) is 12.2 Å². The summed E-state index contributed by atoms with van der Waals surface area (Å²) in [6, 6.07) is 0.352. The number of hydrogen-bond donors (Lipinski definition) is 1. The molecule has 1 rings (SSSR count). The number of carbonyl (C=O) groups excluding carboxylic acids is 1. The minimum atomic E-state index is 0.0295. The van der Waals surface area contributed by atoms with Crippen molar-refractivity contribution in [1.29, 1.82) is 0 Å². The number of rotatable bonds is 1. The van der Waals surface area contributed by atoms with Crippen LogP contribution in [0.1, 0.15) is 19.8 Å². The summed E-state index contributed by atoms with van der Waals surface area (Å²) in [5, 5.41) is 2.81. The first-order chi connectivity index (χ1) is 4.24. The van der Waals surface area contributed by atoms with Crippen LogP contribution in [0, 0.1) is 0 Å². The van der Waals surface area contributed by atoms with Crippen LogP contribution >= 0.6 is 0 Å². The smallest absolute Gasteiger partial charge is 0.246 e. The summed E-state index contributed by atoms with van der Waals surface area (Å²) in [6.07, 6.45) is 1.83. The fourth-order valence-electron chi connectivity index (χ4n) is 0.975. The van der Waals surface area contributed by atoms with E-state index in [0.29, 0.717) is 6.04 Å². The topological polar surface area (TPSA) is 29.1 Å². The van der Waals surface area contributed by atoms with Gasteiger partial charge in [0.05, 0.1) is 0 Å². The van der Waals surface area contributed by atoms with Gasteiger partial charge in [-0.15, -0.1) is 0 Å². The van der Waals surface area contributed by atoms with E-state index < -0.39 is 0 Å². The maximum Gasteiger partial charge on any atom is 0.246 e. The van der Waals surface area contributed by atoms with Crippen molar-refractivity contribution < 1.29 is 4.79 Å². The highest BCUT2D eigenvalue weighted by Crippen LogP contribution is 2.13. The molecule has 0 aliphatic carbocycles. The summed E-state index contributed by atoms with van der Waals surface area (Å²) < 4.78 is 0. The zero-order valence-corrected chi connectivity index (χ0v) is 5.61. The summed E-state index contributed by atoms with van der Waals surface area (Å²) in [5.74, 6) is 0.0295. The summed E-state index contributed by atoms with van der Waals surface area (Å²) in [4.78, 5) is 10.7. The van der Waals surface area contributed by atoms with Gasteiger partial charge >= 0.3 is 0 Å². The Hall–Kier alpha value is -0.790. The lowest BCUT2D eigenvalue weighted by Gasteiger charge is -2.01. The molecule has 1 N–H and O–H groups in total. The lowest BCUT2D eigenvalue weighted by molar-refractivity contribution is -0.116. The van der Waals surface area contributed by atoms with Gasteiger partial charge in [0.25, 0.3) is 0 Å². The lowest BCUT2D eigenvalue weighted by Crippen LogP contribution is -2.24. The van der Waals surface area contributed by atoms with Crippen LogP contribution in [0.4, 0.5) is 0 Å². The summed E-state index contributed by atoms with van der Waals surface area (Å²) in [6.45, 7) is 5.68. The number of hydrogen-bond acceptors (Lipinski definition) is 1. The molecule has 0 bridgehead atoms. The van der Waals surface area contributed by atoms with Crippen molar-refractivity contribution in [3.05, 3.63) is 12.2 Å². The van der Waals surface area contributed by atoms with E-state index in [2.05, 4.69) is 18.8 Å². The second-order valence-corrected chi connectivity index (χ2v) is 2.39. The molecule has 1 atom stereocenters. The summed E-state index contributed by atoms with van der Waals surface area (Å²) >= 11 is 0. The Bertz CT molecular complexity index is 135. The average Bonchev–Trinajstić information content (AvgIpc) is 2.13. The zero-order chi connectivity index (χ0) is 6.85. The normalized spacial score (nSPS) is 26.6. The molecule has 9 heavy (non-hydrogen) atoms. The van der Waals surface area contributed by atoms with Crippen molar-refractivity contribution in [1.82, 2.24) is 5.32 Å². The molecule has 0 spiro atoms. The van der Waals surface area contributed by atoms with E-state index in [1.165, 1.54) is 0 Å². The molecular weight excluding hydrogens is 114 g/mol. The Kier molecular flexibility index (Phi) is 1.56. The molecule has 0 aromatic heterocycles. The molecule has 0 aromatic carbocycles. The molecule has 0 saturated carbocycles. The van der Waals surface area contributed by atoms with Gasteiger partial charge in [-0.05, 0) is 12.8 Å². The fraction of sp³-hybridized carbons (Fsp3) is 0.571. The molecule has 0 radical (unpaired) electrons. The standard InChI is InChI=1S/C7H11NO/c1-3-6-4-5(2)7(9)8-6/h6H,2-4H2,1H3,(H,8,9). The highest BCUT2D eigenvalue weighted by atomic mass is 16.2. The maximum atomic E-state index is 10.7. The molecule has 1 heterocycles. The highest BCUT2D eigenvalue weighted by molar-refractivity contribution is 5.95. The van der Waals surface area contributed by atoms with Gasteiger partial charge in [0.1, 0.15) is 0 Å². The maximum absolute atomic E-state index is 10.7. The Morgan fingerprint density at radius 2 is 2.56 bits per heavy atom. The van der Waals surface area contributed by atoms with E-state index >= 15 is 0 Å². The van der Waals surface area contributed by atoms with Crippen LogP contribution in [-0.4, -0.2) is 11.9 Å². The summed E-state index contributed by atoms with van der Waals surface area (Å²) in [7, 11) is 0. The van der Waals surface area contributed by atoms with Gasteiger partial charge in [-0.3, -0.25) is 4.79 Å². The second-order valence-electron chi connectivity index (χ2n) is 2.39. The third-order valence-electron chi connectivity index (χ3n) is 1.64. The molecule has 1 amide bonds. The van der Waals surface area contributed by atoms with Crippen molar-refractivity contribution in [2.24, 2.45) is 0 Å². The summed E-state index contributed by atoms with van der Waals surface area (Å²) in [5.41, 5.74) is 0.724. The van der Waals surface area contributed by atoms with Crippen molar-refractivity contribution in [2.45, 2.75) is 25.8 Å². The van der Waals surface area contributed by atoms with E-state index in [0.717, 1.165) is 18.4 Å². The van der Waals surface area contributed by atoms with Gasteiger partial charge in [-0.1, -0.05) is 13.5 Å². The van der Waals surface area contributed by atoms with Gasteiger partial charge in [0, 0.05) is 11.6 Å². The quantitative estimate of drug-likeness (QED) is 0.517. The molecule has 1 aliphatic rings. The van der Waals surface area contributed by atoms with Crippen LogP contribution in [0.25, 0.3) is 0 Å². The van der Waals surface area contributed by atoms with E-state index in [4.69, 9.17) is 0 Å². The largest absolute Gasteiger partial charge is 0.349 e. The zero-order valence-electron chi connectivity index (χ0n) is 5.61. The molecule has 1 aliphatic heterocycles. The van der Waals surface area contributed by atoms with Gasteiger partial charge in [-0.2, -0.15) is 0 Å². The monoisotopic (exact) mass is 125 g/mol. The number of nitrogens with one attached hydrogen (secondary N) is 1. The third kappa shape index (κ3) is 1.12. The average molecular weight is 125 g/mol. The van der Waals surface area contributed by atoms with Crippen LogP contribution in [0.3, 0.4) is 0 Å². The van der Waals surface area contributed by atoms with Gasteiger partial charge in [0.15, 0.2) is 0 Å². The van der Waals surface area contributed by atoms with Crippen LogP contribution in [0.5, 0.6) is 0 Å². The second kappa shape index (κ2) is 2.21. The lowest BCUT2D eigenvalue weighted by atomic mass is 10.1. The van der Waals surface area contributed by atoms with Crippen molar-refractivity contribution in [2.75, 3.05) is 0 Å².